The number of carbonyl (C=O) groups is 2. The minimum atomic E-state index is -0.318. The van der Waals surface area contributed by atoms with Gasteiger partial charge in [-0.05, 0) is 49.2 Å². The molecule has 6 heteroatoms. The summed E-state index contributed by atoms with van der Waals surface area (Å²) in [6.45, 7) is 2.58. The highest BCUT2D eigenvalue weighted by molar-refractivity contribution is 6.31. The number of hydrazone groups is 1. The Hall–Kier alpha value is -2.66. The van der Waals surface area contributed by atoms with Gasteiger partial charge in [0.2, 0.25) is 5.91 Å². The predicted molar refractivity (Wildman–Crippen MR) is 99.2 cm³/mol. The monoisotopic (exact) mass is 355 g/mol. The van der Waals surface area contributed by atoms with Gasteiger partial charge in [-0.3, -0.25) is 9.59 Å². The van der Waals surface area contributed by atoms with E-state index >= 15 is 0 Å². The summed E-state index contributed by atoms with van der Waals surface area (Å²) < 4.78 is 0. The maximum Gasteiger partial charge on any atom is 0.271 e. The van der Waals surface area contributed by atoms with Crippen LogP contribution in [0.3, 0.4) is 0 Å². The first-order valence-electron chi connectivity index (χ1n) is 8.05. The summed E-state index contributed by atoms with van der Waals surface area (Å²) >= 11 is 5.88. The van der Waals surface area contributed by atoms with Crippen LogP contribution in [0.25, 0.3) is 0 Å². The van der Waals surface area contributed by atoms with Crippen molar-refractivity contribution < 1.29 is 9.59 Å². The normalized spacial score (nSPS) is 14.7. The van der Waals surface area contributed by atoms with E-state index in [1.165, 1.54) is 0 Å². The highest BCUT2D eigenvalue weighted by Gasteiger charge is 2.21. The van der Waals surface area contributed by atoms with Crippen molar-refractivity contribution >= 4 is 34.8 Å². The summed E-state index contributed by atoms with van der Waals surface area (Å²) in [5.41, 5.74) is 5.42. The Labute approximate surface area is 151 Å². The van der Waals surface area contributed by atoms with Crippen LogP contribution >= 0.6 is 11.6 Å². The second-order valence-corrected chi connectivity index (χ2v) is 6.28. The second-order valence-electron chi connectivity index (χ2n) is 5.84. The molecule has 0 bridgehead atoms. The van der Waals surface area contributed by atoms with Gasteiger partial charge in [-0.15, -0.1) is 0 Å². The van der Waals surface area contributed by atoms with Gasteiger partial charge in [-0.1, -0.05) is 29.8 Å². The van der Waals surface area contributed by atoms with Gasteiger partial charge in [0.05, 0.1) is 5.71 Å². The van der Waals surface area contributed by atoms with Crippen molar-refractivity contribution in [1.82, 2.24) is 5.43 Å². The number of nitrogens with zero attached hydrogens (tertiary/aromatic N) is 2. The van der Waals surface area contributed by atoms with E-state index < -0.39 is 0 Å². The third kappa shape index (κ3) is 4.06. The van der Waals surface area contributed by atoms with E-state index in [0.29, 0.717) is 22.7 Å². The molecule has 0 aromatic heterocycles. The predicted octanol–water partition coefficient (Wildman–Crippen LogP) is 3.62. The average molecular weight is 356 g/mol. The van der Waals surface area contributed by atoms with E-state index in [0.717, 1.165) is 24.2 Å². The van der Waals surface area contributed by atoms with Gasteiger partial charge in [-0.2, -0.15) is 5.10 Å². The lowest BCUT2D eigenvalue weighted by molar-refractivity contribution is -0.117. The smallest absolute Gasteiger partial charge is 0.271 e. The lowest BCUT2D eigenvalue weighted by Gasteiger charge is -2.15. The highest BCUT2D eigenvalue weighted by Crippen LogP contribution is 2.21. The summed E-state index contributed by atoms with van der Waals surface area (Å²) in [6, 6.07) is 14.3. The Morgan fingerprint density at radius 1 is 1.16 bits per heavy atom. The fourth-order valence-electron chi connectivity index (χ4n) is 2.70. The number of nitrogens with one attached hydrogen (secondary N) is 1. The van der Waals surface area contributed by atoms with Gasteiger partial charge in [0, 0.05) is 29.2 Å². The van der Waals surface area contributed by atoms with E-state index in [9.17, 15) is 9.59 Å². The second kappa shape index (κ2) is 7.49. The first kappa shape index (κ1) is 17.2. The molecule has 1 aliphatic rings. The lowest BCUT2D eigenvalue weighted by atomic mass is 10.1. The van der Waals surface area contributed by atoms with Gasteiger partial charge >= 0.3 is 0 Å². The SMILES string of the molecule is C/C(=N/NC(=O)c1cccc(Cl)c1)c1ccc(N2CCCC2=O)cc1. The van der Waals surface area contributed by atoms with Crippen LogP contribution in [0, 0.1) is 0 Å². The first-order chi connectivity index (χ1) is 12.0. The quantitative estimate of drug-likeness (QED) is 0.672. The molecule has 0 saturated carbocycles. The van der Waals surface area contributed by atoms with Crippen LogP contribution < -0.4 is 10.3 Å². The third-order valence-corrected chi connectivity index (χ3v) is 4.32. The molecule has 2 amide bonds. The summed E-state index contributed by atoms with van der Waals surface area (Å²) in [7, 11) is 0. The molecule has 0 unspecified atom stereocenters. The topological polar surface area (TPSA) is 61.8 Å². The molecule has 1 fully saturated rings. The molecule has 0 atom stereocenters. The molecule has 25 heavy (non-hydrogen) atoms. The number of hydrogen-bond donors (Lipinski definition) is 1. The summed E-state index contributed by atoms with van der Waals surface area (Å²) in [6.07, 6.45) is 1.51. The minimum Gasteiger partial charge on any atom is -0.312 e. The van der Waals surface area contributed by atoms with E-state index in [4.69, 9.17) is 11.6 Å². The standard InChI is InChI=1S/C19H18ClN3O2/c1-13(21-22-19(25)15-4-2-5-16(20)12-15)14-7-9-17(10-8-14)23-11-3-6-18(23)24/h2,4-5,7-10,12H,3,6,11H2,1H3,(H,22,25)/b21-13-. The van der Waals surface area contributed by atoms with Crippen LogP contribution in [0.1, 0.15) is 35.7 Å². The number of benzene rings is 2. The maximum absolute atomic E-state index is 12.1. The van der Waals surface area contributed by atoms with Crippen LogP contribution in [0.2, 0.25) is 5.02 Å². The van der Waals surface area contributed by atoms with Crippen LogP contribution in [-0.2, 0) is 4.79 Å². The average Bonchev–Trinajstić information content (AvgIpc) is 3.05. The number of anilines is 1. The van der Waals surface area contributed by atoms with Crippen molar-refractivity contribution in [3.63, 3.8) is 0 Å². The van der Waals surface area contributed by atoms with Crippen molar-refractivity contribution in [1.29, 1.82) is 0 Å². The maximum atomic E-state index is 12.1. The molecule has 2 aromatic rings. The molecule has 5 nitrogen and oxygen atoms in total. The summed E-state index contributed by atoms with van der Waals surface area (Å²) in [4.78, 5) is 25.6. The van der Waals surface area contributed by atoms with Gasteiger partial charge in [0.1, 0.15) is 0 Å². The molecule has 3 rings (SSSR count). The molecule has 0 aliphatic carbocycles. The fourth-order valence-corrected chi connectivity index (χ4v) is 2.89. The van der Waals surface area contributed by atoms with Gasteiger partial charge in [0.25, 0.3) is 5.91 Å². The Balaban J connectivity index is 1.68. The molecular formula is C19H18ClN3O2. The van der Waals surface area contributed by atoms with E-state index in [1.807, 2.05) is 31.2 Å². The zero-order chi connectivity index (χ0) is 17.8. The van der Waals surface area contributed by atoms with Crippen molar-refractivity contribution in [3.05, 3.63) is 64.7 Å². The number of rotatable bonds is 4. The molecule has 0 spiro atoms. The molecule has 1 heterocycles. The highest BCUT2D eigenvalue weighted by atomic mass is 35.5. The van der Waals surface area contributed by atoms with Crippen LogP contribution in [-0.4, -0.2) is 24.1 Å². The van der Waals surface area contributed by atoms with E-state index in [1.54, 1.807) is 29.2 Å². The van der Waals surface area contributed by atoms with Crippen molar-refractivity contribution in [2.45, 2.75) is 19.8 Å². The third-order valence-electron chi connectivity index (χ3n) is 4.08. The Kier molecular flexibility index (Phi) is 5.14. The molecule has 1 saturated heterocycles. The molecule has 1 N–H and O–H groups in total. The van der Waals surface area contributed by atoms with Crippen molar-refractivity contribution in [2.75, 3.05) is 11.4 Å². The van der Waals surface area contributed by atoms with Gasteiger partial charge < -0.3 is 4.90 Å². The zero-order valence-corrected chi connectivity index (χ0v) is 14.6. The summed E-state index contributed by atoms with van der Waals surface area (Å²) in [5.74, 6) is -0.159. The number of carbonyl (C=O) groups excluding carboxylic acids is 2. The van der Waals surface area contributed by atoms with Crippen LogP contribution in [0.5, 0.6) is 0 Å². The number of amides is 2. The van der Waals surface area contributed by atoms with E-state index in [2.05, 4.69) is 10.5 Å². The Morgan fingerprint density at radius 2 is 1.92 bits per heavy atom. The molecule has 128 valence electrons. The van der Waals surface area contributed by atoms with Crippen molar-refractivity contribution in [3.8, 4) is 0 Å². The first-order valence-corrected chi connectivity index (χ1v) is 8.43. The summed E-state index contributed by atoms with van der Waals surface area (Å²) in [5, 5.41) is 4.64. The largest absolute Gasteiger partial charge is 0.312 e. The number of hydrogen-bond acceptors (Lipinski definition) is 3. The van der Waals surface area contributed by atoms with Gasteiger partial charge in [0.15, 0.2) is 0 Å². The Bertz CT molecular complexity index is 831. The van der Waals surface area contributed by atoms with Crippen molar-refractivity contribution in [2.24, 2.45) is 5.10 Å². The molecule has 0 radical (unpaired) electrons. The Morgan fingerprint density at radius 3 is 2.56 bits per heavy atom. The fraction of sp³-hybridized carbons (Fsp3) is 0.211. The van der Waals surface area contributed by atoms with Crippen LogP contribution in [0.4, 0.5) is 5.69 Å². The minimum absolute atomic E-state index is 0.159. The molecular weight excluding hydrogens is 338 g/mol. The molecule has 2 aromatic carbocycles. The zero-order valence-electron chi connectivity index (χ0n) is 13.8. The number of halogens is 1. The van der Waals surface area contributed by atoms with Gasteiger partial charge in [-0.25, -0.2) is 5.43 Å². The molecule has 1 aliphatic heterocycles. The van der Waals surface area contributed by atoms with E-state index in [-0.39, 0.29) is 11.8 Å². The van der Waals surface area contributed by atoms with Crippen LogP contribution in [0.15, 0.2) is 53.6 Å². The lowest BCUT2D eigenvalue weighted by Crippen LogP contribution is -2.23.